The Morgan fingerprint density at radius 3 is 2.17 bits per heavy atom. The molecule has 10 heteroatoms. The number of anilines is 1. The summed E-state index contributed by atoms with van der Waals surface area (Å²) in [4.78, 5) is 23.5. The second-order valence-corrected chi connectivity index (χ2v) is 4.42. The van der Waals surface area contributed by atoms with E-state index in [4.69, 9.17) is 0 Å². The Hall–Kier alpha value is -2.52. The number of halogens is 4. The first-order valence-electron chi connectivity index (χ1n) is 6.89. The largest absolute Gasteiger partial charge is 0.463 e. The van der Waals surface area contributed by atoms with Gasteiger partial charge >= 0.3 is 23.9 Å². The van der Waals surface area contributed by atoms with E-state index in [-0.39, 0.29) is 13.2 Å². The van der Waals surface area contributed by atoms with Gasteiger partial charge in [0.1, 0.15) is 5.82 Å². The molecule has 1 atom stereocenters. The number of amides is 1. The van der Waals surface area contributed by atoms with E-state index in [0.717, 1.165) is 12.1 Å². The summed E-state index contributed by atoms with van der Waals surface area (Å²) in [6.45, 7) is 2.03. The highest BCUT2D eigenvalue weighted by atomic mass is 19.4. The summed E-state index contributed by atoms with van der Waals surface area (Å²) in [6.07, 6.45) is -6.87. The van der Waals surface area contributed by atoms with E-state index < -0.39 is 35.4 Å². The molecule has 0 aliphatic rings. The molecule has 0 spiro atoms. The lowest BCUT2D eigenvalue weighted by Crippen LogP contribution is -2.69. The molecule has 1 aromatic carbocycles. The summed E-state index contributed by atoms with van der Waals surface area (Å²) >= 11 is 0. The molecular formula is C14H16F4N2O4. The highest BCUT2D eigenvalue weighted by molar-refractivity contribution is 5.89. The maximum atomic E-state index is 13.7. The molecule has 134 valence electrons. The van der Waals surface area contributed by atoms with Gasteiger partial charge in [-0.3, -0.25) is 5.32 Å². The van der Waals surface area contributed by atoms with Gasteiger partial charge < -0.3 is 14.8 Å². The number of hydrogen-bond donors (Lipinski definition) is 2. The van der Waals surface area contributed by atoms with E-state index in [2.05, 4.69) is 9.47 Å². The van der Waals surface area contributed by atoms with Crippen molar-refractivity contribution in [3.63, 3.8) is 0 Å². The maximum absolute atomic E-state index is 13.7. The molecule has 0 aliphatic carbocycles. The molecule has 0 saturated heterocycles. The van der Waals surface area contributed by atoms with Crippen LogP contribution in [0.2, 0.25) is 0 Å². The first-order valence-corrected chi connectivity index (χ1v) is 6.89. The van der Waals surface area contributed by atoms with Crippen molar-refractivity contribution in [1.29, 1.82) is 0 Å². The number of rotatable bonds is 6. The van der Waals surface area contributed by atoms with Crippen molar-refractivity contribution in [2.75, 3.05) is 18.5 Å². The van der Waals surface area contributed by atoms with Crippen LogP contribution in [0.25, 0.3) is 0 Å². The average Bonchev–Trinajstić information content (AvgIpc) is 2.48. The molecule has 0 saturated carbocycles. The van der Waals surface area contributed by atoms with E-state index in [1.807, 2.05) is 0 Å². The van der Waals surface area contributed by atoms with E-state index in [1.54, 1.807) is 5.32 Å². The summed E-state index contributed by atoms with van der Waals surface area (Å²) in [5, 5.41) is 3.08. The normalized spacial score (nSPS) is 13.6. The first kappa shape index (κ1) is 19.5. The minimum absolute atomic E-state index is 0.234. The van der Waals surface area contributed by atoms with Gasteiger partial charge in [0.05, 0.1) is 18.9 Å². The van der Waals surface area contributed by atoms with Crippen LogP contribution in [0, 0.1) is 5.82 Å². The summed E-state index contributed by atoms with van der Waals surface area (Å²) in [6, 6.07) is 4.36. The molecule has 6 nitrogen and oxygen atoms in total. The molecule has 0 bridgehead atoms. The number of ether oxygens (including phenoxy) is 2. The predicted molar refractivity (Wildman–Crippen MR) is 75.6 cm³/mol. The summed E-state index contributed by atoms with van der Waals surface area (Å²) in [5.74, 6) is -2.91. The first-order chi connectivity index (χ1) is 11.2. The Kier molecular flexibility index (Phi) is 6.38. The third-order valence-corrected chi connectivity index (χ3v) is 2.77. The van der Waals surface area contributed by atoms with Gasteiger partial charge in [0, 0.05) is 0 Å². The van der Waals surface area contributed by atoms with E-state index in [0.29, 0.717) is 0 Å². The molecule has 2 N–H and O–H groups in total. The molecule has 0 aliphatic heterocycles. The Labute approximate surface area is 135 Å². The molecule has 0 fully saturated rings. The number of nitrogens with one attached hydrogen (secondary N) is 2. The molecule has 1 rings (SSSR count). The van der Waals surface area contributed by atoms with Gasteiger partial charge in [-0.05, 0) is 26.0 Å². The zero-order valence-electron chi connectivity index (χ0n) is 12.9. The highest BCUT2D eigenvalue weighted by Crippen LogP contribution is 2.34. The van der Waals surface area contributed by atoms with Gasteiger partial charge in [0.25, 0.3) is 0 Å². The lowest BCUT2D eigenvalue weighted by molar-refractivity contribution is -0.205. The van der Waals surface area contributed by atoms with Crippen LogP contribution < -0.4 is 10.6 Å². The van der Waals surface area contributed by atoms with Crippen molar-refractivity contribution in [3.05, 3.63) is 30.1 Å². The van der Waals surface area contributed by atoms with Gasteiger partial charge in [-0.15, -0.1) is 0 Å². The fraction of sp³-hybridized carbons (Fsp3) is 0.429. The molecule has 0 unspecified atom stereocenters. The lowest BCUT2D eigenvalue weighted by Gasteiger charge is -2.34. The minimum Gasteiger partial charge on any atom is -0.463 e. The molecule has 0 radical (unpaired) electrons. The zero-order chi connectivity index (χ0) is 18.4. The molecule has 0 heterocycles. The van der Waals surface area contributed by atoms with Gasteiger partial charge in [-0.1, -0.05) is 12.1 Å². The molecule has 1 aromatic rings. The molecule has 24 heavy (non-hydrogen) atoms. The Balaban J connectivity index is 3.37. The number of hydrogen-bond acceptors (Lipinski definition) is 5. The fourth-order valence-corrected chi connectivity index (χ4v) is 1.71. The monoisotopic (exact) mass is 352 g/mol. The smallest absolute Gasteiger partial charge is 0.442 e. The van der Waals surface area contributed by atoms with Crippen molar-refractivity contribution in [2.24, 2.45) is 0 Å². The van der Waals surface area contributed by atoms with Crippen LogP contribution in [0.5, 0.6) is 0 Å². The number of para-hydroxylation sites is 1. The van der Waals surface area contributed by atoms with Gasteiger partial charge in [0.15, 0.2) is 0 Å². The number of carbonyl (C=O) groups is 2. The van der Waals surface area contributed by atoms with Crippen molar-refractivity contribution in [2.45, 2.75) is 25.7 Å². The fourth-order valence-electron chi connectivity index (χ4n) is 1.71. The van der Waals surface area contributed by atoms with Crippen LogP contribution in [-0.2, 0) is 14.3 Å². The summed E-state index contributed by atoms with van der Waals surface area (Å²) < 4.78 is 63.4. The average molecular weight is 352 g/mol. The highest BCUT2D eigenvalue weighted by Gasteiger charge is 2.64. The van der Waals surface area contributed by atoms with E-state index in [1.165, 1.54) is 31.3 Å². The van der Waals surface area contributed by atoms with Crippen molar-refractivity contribution in [3.8, 4) is 0 Å². The number of alkyl halides is 3. The van der Waals surface area contributed by atoms with Crippen LogP contribution >= 0.6 is 0 Å². The number of carbonyl (C=O) groups excluding carboxylic acids is 2. The van der Waals surface area contributed by atoms with Crippen molar-refractivity contribution >= 4 is 17.7 Å². The van der Waals surface area contributed by atoms with Crippen LogP contribution in [0.1, 0.15) is 13.8 Å². The zero-order valence-corrected chi connectivity index (χ0v) is 12.9. The van der Waals surface area contributed by atoms with Crippen molar-refractivity contribution in [1.82, 2.24) is 5.32 Å². The van der Waals surface area contributed by atoms with Crippen LogP contribution in [0.15, 0.2) is 24.3 Å². The predicted octanol–water partition coefficient (Wildman–Crippen LogP) is 2.81. The third kappa shape index (κ3) is 4.27. The van der Waals surface area contributed by atoms with E-state index in [9.17, 15) is 27.2 Å². The quantitative estimate of drug-likeness (QED) is 0.468. The topological polar surface area (TPSA) is 76.7 Å². The van der Waals surface area contributed by atoms with Gasteiger partial charge in [0.2, 0.25) is 0 Å². The number of alkyl carbamates (subject to hydrolysis) is 1. The van der Waals surface area contributed by atoms with Crippen LogP contribution in [-0.4, -0.2) is 37.1 Å². The minimum atomic E-state index is -5.35. The third-order valence-electron chi connectivity index (χ3n) is 2.77. The number of benzene rings is 1. The van der Waals surface area contributed by atoms with E-state index >= 15 is 0 Å². The SMILES string of the molecule is CCOC(=O)N[C@](Nc1ccccc1F)(C(=O)OCC)C(F)(F)F. The number of esters is 1. The lowest BCUT2D eigenvalue weighted by atomic mass is 10.1. The van der Waals surface area contributed by atoms with Crippen molar-refractivity contribution < 1.29 is 36.6 Å². The molecule has 0 aromatic heterocycles. The van der Waals surface area contributed by atoms with Gasteiger partial charge in [-0.2, -0.15) is 13.2 Å². The van der Waals surface area contributed by atoms with Crippen LogP contribution in [0.4, 0.5) is 28.0 Å². The summed E-state index contributed by atoms with van der Waals surface area (Å²) in [5.41, 5.74) is -4.36. The molecular weight excluding hydrogens is 336 g/mol. The second-order valence-electron chi connectivity index (χ2n) is 4.42. The Morgan fingerprint density at radius 1 is 1.08 bits per heavy atom. The van der Waals surface area contributed by atoms with Crippen LogP contribution in [0.3, 0.4) is 0 Å². The Morgan fingerprint density at radius 2 is 1.67 bits per heavy atom. The Bertz CT molecular complexity index is 594. The maximum Gasteiger partial charge on any atom is 0.442 e. The summed E-state index contributed by atoms with van der Waals surface area (Å²) in [7, 11) is 0. The standard InChI is InChI=1S/C14H16F4N2O4/c1-3-23-11(21)13(14(16,17)18,20-12(22)24-4-2)19-10-8-6-5-7-9(10)15/h5-8,19H,3-4H2,1-2H3,(H,20,22)/t13-/m1/s1. The second kappa shape index (κ2) is 7.84. The molecule has 1 amide bonds. The van der Waals surface area contributed by atoms with Gasteiger partial charge in [-0.25, -0.2) is 14.0 Å².